The van der Waals surface area contributed by atoms with E-state index in [0.29, 0.717) is 5.52 Å². The first-order chi connectivity index (χ1) is 14.4. The van der Waals surface area contributed by atoms with Gasteiger partial charge >= 0.3 is 0 Å². The molecule has 0 fully saturated rings. The van der Waals surface area contributed by atoms with Crippen LogP contribution < -0.4 is 0 Å². The van der Waals surface area contributed by atoms with Gasteiger partial charge in [-0.15, -0.1) is 0 Å². The van der Waals surface area contributed by atoms with Crippen LogP contribution in [0.3, 0.4) is 0 Å². The van der Waals surface area contributed by atoms with E-state index >= 15 is 0 Å². The summed E-state index contributed by atoms with van der Waals surface area (Å²) in [7, 11) is 0. The number of fused-ring (bicyclic) bond motifs is 2. The SMILES string of the molecule is Cc1ncccc1-c1cnc2[nH]cc(-c3cc(F)c4nc(C)n(C(C)C)c4c3)c2c1. The van der Waals surface area contributed by atoms with Gasteiger partial charge in [-0.05, 0) is 57.5 Å². The van der Waals surface area contributed by atoms with Crippen molar-refractivity contribution in [3.05, 3.63) is 66.3 Å². The third kappa shape index (κ3) is 2.79. The highest BCUT2D eigenvalue weighted by Crippen LogP contribution is 2.34. The molecule has 4 aromatic heterocycles. The molecule has 5 nitrogen and oxygen atoms in total. The van der Waals surface area contributed by atoms with Gasteiger partial charge in [-0.25, -0.2) is 14.4 Å². The fourth-order valence-corrected chi connectivity index (χ4v) is 4.26. The van der Waals surface area contributed by atoms with Crippen LogP contribution in [0.5, 0.6) is 0 Å². The molecule has 0 amide bonds. The van der Waals surface area contributed by atoms with Crippen LogP contribution in [0.1, 0.15) is 31.4 Å². The third-order valence-electron chi connectivity index (χ3n) is 5.60. The third-order valence-corrected chi connectivity index (χ3v) is 5.60. The molecule has 0 spiro atoms. The maximum absolute atomic E-state index is 15.0. The quantitative estimate of drug-likeness (QED) is 0.406. The fraction of sp³-hybridized carbons (Fsp3) is 0.208. The molecule has 1 aromatic carbocycles. The van der Waals surface area contributed by atoms with Crippen molar-refractivity contribution < 1.29 is 4.39 Å². The summed E-state index contributed by atoms with van der Waals surface area (Å²) >= 11 is 0. The number of rotatable bonds is 3. The molecule has 0 aliphatic carbocycles. The van der Waals surface area contributed by atoms with E-state index in [9.17, 15) is 4.39 Å². The summed E-state index contributed by atoms with van der Waals surface area (Å²) < 4.78 is 17.1. The Morgan fingerprint density at radius 3 is 2.63 bits per heavy atom. The number of nitrogens with one attached hydrogen (secondary N) is 1. The topological polar surface area (TPSA) is 59.4 Å². The second-order valence-corrected chi connectivity index (χ2v) is 7.91. The Hall–Kier alpha value is -3.54. The van der Waals surface area contributed by atoms with Crippen LogP contribution in [0, 0.1) is 19.7 Å². The van der Waals surface area contributed by atoms with E-state index in [-0.39, 0.29) is 11.9 Å². The van der Waals surface area contributed by atoms with E-state index < -0.39 is 0 Å². The lowest BCUT2D eigenvalue weighted by Gasteiger charge is -2.11. The van der Waals surface area contributed by atoms with E-state index in [1.54, 1.807) is 12.3 Å². The lowest BCUT2D eigenvalue weighted by atomic mass is 10.0. The molecule has 5 aromatic rings. The molecule has 0 aliphatic heterocycles. The molecule has 30 heavy (non-hydrogen) atoms. The van der Waals surface area contributed by atoms with Crippen molar-refractivity contribution in [2.45, 2.75) is 33.7 Å². The van der Waals surface area contributed by atoms with Gasteiger partial charge in [0, 0.05) is 52.4 Å². The van der Waals surface area contributed by atoms with Crippen LogP contribution >= 0.6 is 0 Å². The van der Waals surface area contributed by atoms with E-state index in [1.807, 2.05) is 44.4 Å². The molecule has 0 saturated heterocycles. The van der Waals surface area contributed by atoms with Gasteiger partial charge < -0.3 is 9.55 Å². The zero-order valence-corrected chi connectivity index (χ0v) is 17.4. The smallest absolute Gasteiger partial charge is 0.151 e. The van der Waals surface area contributed by atoms with Gasteiger partial charge in [0.1, 0.15) is 17.0 Å². The van der Waals surface area contributed by atoms with Gasteiger partial charge in [0.2, 0.25) is 0 Å². The van der Waals surface area contributed by atoms with Gasteiger partial charge in [0.25, 0.3) is 0 Å². The highest BCUT2D eigenvalue weighted by atomic mass is 19.1. The predicted molar refractivity (Wildman–Crippen MR) is 118 cm³/mol. The molecular formula is C24H22FN5. The van der Waals surface area contributed by atoms with Crippen molar-refractivity contribution >= 4 is 22.1 Å². The number of aryl methyl sites for hydroxylation is 2. The number of benzene rings is 1. The lowest BCUT2D eigenvalue weighted by molar-refractivity contribution is 0.600. The molecule has 150 valence electrons. The maximum atomic E-state index is 15.0. The number of imidazole rings is 1. The molecule has 0 aliphatic rings. The summed E-state index contributed by atoms with van der Waals surface area (Å²) in [5.74, 6) is 0.498. The van der Waals surface area contributed by atoms with Crippen molar-refractivity contribution in [2.75, 3.05) is 0 Å². The lowest BCUT2D eigenvalue weighted by Crippen LogP contribution is -2.02. The Labute approximate surface area is 173 Å². The van der Waals surface area contributed by atoms with E-state index in [0.717, 1.165) is 50.3 Å². The first-order valence-electron chi connectivity index (χ1n) is 10.0. The number of hydrogen-bond acceptors (Lipinski definition) is 3. The zero-order chi connectivity index (χ0) is 21.0. The Bertz CT molecular complexity index is 1410. The summed E-state index contributed by atoms with van der Waals surface area (Å²) in [6.45, 7) is 8.06. The average molecular weight is 399 g/mol. The minimum atomic E-state index is -0.313. The van der Waals surface area contributed by atoms with E-state index in [4.69, 9.17) is 0 Å². The summed E-state index contributed by atoms with van der Waals surface area (Å²) in [6, 6.07) is 9.81. The van der Waals surface area contributed by atoms with Crippen LogP contribution in [0.2, 0.25) is 0 Å². The second-order valence-electron chi connectivity index (χ2n) is 7.91. The molecular weight excluding hydrogens is 377 g/mol. The molecule has 0 radical (unpaired) electrons. The average Bonchev–Trinajstić information content (AvgIpc) is 3.28. The molecule has 0 bridgehead atoms. The van der Waals surface area contributed by atoms with Crippen LogP contribution in [0.15, 0.2) is 48.9 Å². The fourth-order valence-electron chi connectivity index (χ4n) is 4.26. The normalized spacial score (nSPS) is 11.8. The first kappa shape index (κ1) is 18.5. The number of aromatic nitrogens is 5. The minimum absolute atomic E-state index is 0.189. The highest BCUT2D eigenvalue weighted by molar-refractivity contribution is 5.97. The van der Waals surface area contributed by atoms with Crippen molar-refractivity contribution in [1.82, 2.24) is 24.5 Å². The molecule has 5 rings (SSSR count). The number of nitrogens with zero attached hydrogens (tertiary/aromatic N) is 4. The molecule has 0 unspecified atom stereocenters. The van der Waals surface area contributed by atoms with Crippen LogP contribution in [0.25, 0.3) is 44.3 Å². The van der Waals surface area contributed by atoms with Crippen molar-refractivity contribution in [2.24, 2.45) is 0 Å². The van der Waals surface area contributed by atoms with Crippen molar-refractivity contribution in [3.63, 3.8) is 0 Å². The first-order valence-corrected chi connectivity index (χ1v) is 10.0. The number of pyridine rings is 2. The predicted octanol–water partition coefficient (Wildman–Crippen LogP) is 5.98. The van der Waals surface area contributed by atoms with Gasteiger partial charge in [0.05, 0.1) is 5.52 Å². The largest absolute Gasteiger partial charge is 0.346 e. The molecule has 1 N–H and O–H groups in total. The van der Waals surface area contributed by atoms with Gasteiger partial charge in [0.15, 0.2) is 5.82 Å². The van der Waals surface area contributed by atoms with Crippen LogP contribution in [0.4, 0.5) is 4.39 Å². The Morgan fingerprint density at radius 1 is 1.03 bits per heavy atom. The zero-order valence-electron chi connectivity index (χ0n) is 17.4. The van der Waals surface area contributed by atoms with Gasteiger partial charge in [-0.2, -0.15) is 0 Å². The number of aromatic amines is 1. The van der Waals surface area contributed by atoms with E-state index in [2.05, 4.69) is 44.4 Å². The van der Waals surface area contributed by atoms with Gasteiger partial charge in [-0.3, -0.25) is 4.98 Å². The molecule has 0 atom stereocenters. The van der Waals surface area contributed by atoms with Crippen molar-refractivity contribution in [1.29, 1.82) is 0 Å². The monoisotopic (exact) mass is 399 g/mol. The summed E-state index contributed by atoms with van der Waals surface area (Å²) in [5.41, 5.74) is 6.66. The van der Waals surface area contributed by atoms with E-state index in [1.165, 1.54) is 0 Å². The Kier molecular flexibility index (Phi) is 4.17. The molecule has 0 saturated carbocycles. The Balaban J connectivity index is 1.73. The Morgan fingerprint density at radius 2 is 1.87 bits per heavy atom. The summed E-state index contributed by atoms with van der Waals surface area (Å²) in [4.78, 5) is 16.6. The number of halogens is 1. The number of H-pyrrole nitrogens is 1. The highest BCUT2D eigenvalue weighted by Gasteiger charge is 2.17. The standard InChI is InChI=1S/C24H22FN5/c1-13(2)30-15(4)29-23-21(25)9-16(10-22(23)30)20-12-28-24-19(20)8-17(11-27-24)18-6-5-7-26-14(18)3/h5-13H,1-4H3,(H,27,28). The minimum Gasteiger partial charge on any atom is -0.346 e. The molecule has 6 heteroatoms. The summed E-state index contributed by atoms with van der Waals surface area (Å²) in [6.07, 6.45) is 5.51. The van der Waals surface area contributed by atoms with Gasteiger partial charge in [-0.1, -0.05) is 6.07 Å². The maximum Gasteiger partial charge on any atom is 0.151 e. The number of hydrogen-bond donors (Lipinski definition) is 1. The van der Waals surface area contributed by atoms with Crippen LogP contribution in [-0.2, 0) is 0 Å². The van der Waals surface area contributed by atoms with Crippen molar-refractivity contribution in [3.8, 4) is 22.3 Å². The molecule has 4 heterocycles. The second kappa shape index (κ2) is 6.76. The van der Waals surface area contributed by atoms with Crippen LogP contribution in [-0.4, -0.2) is 24.5 Å². The summed E-state index contributed by atoms with van der Waals surface area (Å²) in [5, 5.41) is 0.946.